The molecule has 0 aliphatic rings. The minimum Gasteiger partial charge on any atom is -0.485 e. The number of thioether (sulfide) groups is 1. The molecule has 0 N–H and O–H groups in total. The number of aryl methyl sites for hydroxylation is 1. The molecule has 0 saturated heterocycles. The van der Waals surface area contributed by atoms with E-state index >= 15 is 0 Å². The largest absolute Gasteiger partial charge is 0.485 e. The summed E-state index contributed by atoms with van der Waals surface area (Å²) >= 11 is 1.61. The molecule has 0 unspecified atom stereocenters. The minimum atomic E-state index is 0.344. The lowest BCUT2D eigenvalue weighted by Gasteiger charge is -2.12. The molecule has 0 spiro atoms. The van der Waals surface area contributed by atoms with Gasteiger partial charge in [0.25, 0.3) is 0 Å². The highest BCUT2D eigenvalue weighted by atomic mass is 32.2. The highest BCUT2D eigenvalue weighted by Crippen LogP contribution is 2.26. The predicted molar refractivity (Wildman–Crippen MR) is 111 cm³/mol. The van der Waals surface area contributed by atoms with Crippen LogP contribution in [0.15, 0.2) is 84.1 Å². The Labute approximate surface area is 168 Å². The third kappa shape index (κ3) is 4.23. The van der Waals surface area contributed by atoms with Crippen molar-refractivity contribution in [1.29, 1.82) is 0 Å². The molecule has 0 saturated carbocycles. The standard InChI is InChI=1S/C22H20N4OS/c1-17-9-5-6-13-20(17)27-15-21-24-25-22(26(21)19-11-3-2-4-12-19)28-16-18-10-7-8-14-23-18/h2-14H,15-16H2,1H3. The first-order chi connectivity index (χ1) is 13.8. The molecule has 0 fully saturated rings. The van der Waals surface area contributed by atoms with Crippen molar-refractivity contribution in [3.63, 3.8) is 0 Å². The van der Waals surface area contributed by atoms with Crippen molar-refractivity contribution >= 4 is 11.8 Å². The molecule has 0 aliphatic heterocycles. The molecule has 0 atom stereocenters. The van der Waals surface area contributed by atoms with Crippen molar-refractivity contribution in [3.05, 3.63) is 96.1 Å². The summed E-state index contributed by atoms with van der Waals surface area (Å²) in [7, 11) is 0. The molecular weight excluding hydrogens is 368 g/mol. The Balaban J connectivity index is 1.59. The summed E-state index contributed by atoms with van der Waals surface area (Å²) in [5.74, 6) is 2.34. The molecular formula is C22H20N4OS. The number of hydrogen-bond donors (Lipinski definition) is 0. The molecule has 4 aromatic rings. The molecule has 28 heavy (non-hydrogen) atoms. The number of hydrogen-bond acceptors (Lipinski definition) is 5. The molecule has 4 rings (SSSR count). The van der Waals surface area contributed by atoms with E-state index in [-0.39, 0.29) is 0 Å². The fraction of sp³-hybridized carbons (Fsp3) is 0.136. The molecule has 0 bridgehead atoms. The SMILES string of the molecule is Cc1ccccc1OCc1nnc(SCc2ccccn2)n1-c1ccccc1. The number of aromatic nitrogens is 4. The van der Waals surface area contributed by atoms with Crippen LogP contribution in [-0.2, 0) is 12.4 Å². The number of ether oxygens (including phenoxy) is 1. The number of para-hydroxylation sites is 2. The highest BCUT2D eigenvalue weighted by Gasteiger charge is 2.15. The van der Waals surface area contributed by atoms with Gasteiger partial charge in [0.15, 0.2) is 11.0 Å². The lowest BCUT2D eigenvalue weighted by atomic mass is 10.2. The lowest BCUT2D eigenvalue weighted by molar-refractivity contribution is 0.291. The second-order valence-corrected chi connectivity index (χ2v) is 7.18. The van der Waals surface area contributed by atoms with Gasteiger partial charge in [-0.2, -0.15) is 0 Å². The Morgan fingerprint density at radius 1 is 0.893 bits per heavy atom. The van der Waals surface area contributed by atoms with Gasteiger partial charge in [-0.1, -0.05) is 54.2 Å². The average molecular weight is 388 g/mol. The second-order valence-electron chi connectivity index (χ2n) is 6.23. The summed E-state index contributed by atoms with van der Waals surface area (Å²) < 4.78 is 8.06. The number of pyridine rings is 1. The van der Waals surface area contributed by atoms with Gasteiger partial charge in [0, 0.05) is 17.6 Å². The molecule has 0 amide bonds. The summed E-state index contributed by atoms with van der Waals surface area (Å²) in [4.78, 5) is 4.39. The number of nitrogens with zero attached hydrogens (tertiary/aromatic N) is 4. The van der Waals surface area contributed by atoms with Crippen LogP contribution in [0.5, 0.6) is 5.75 Å². The maximum absolute atomic E-state index is 6.02. The van der Waals surface area contributed by atoms with Crippen molar-refractivity contribution in [2.24, 2.45) is 0 Å². The lowest BCUT2D eigenvalue weighted by Crippen LogP contribution is -2.07. The normalized spacial score (nSPS) is 10.8. The van der Waals surface area contributed by atoms with Gasteiger partial charge in [-0.3, -0.25) is 9.55 Å². The van der Waals surface area contributed by atoms with E-state index in [0.29, 0.717) is 6.61 Å². The third-order valence-corrected chi connectivity index (χ3v) is 5.20. The maximum atomic E-state index is 6.02. The van der Waals surface area contributed by atoms with E-state index in [0.717, 1.165) is 39.4 Å². The molecule has 2 aromatic carbocycles. The molecule has 140 valence electrons. The summed E-state index contributed by atoms with van der Waals surface area (Å²) in [6.07, 6.45) is 1.80. The Morgan fingerprint density at radius 2 is 1.68 bits per heavy atom. The van der Waals surface area contributed by atoms with Crippen LogP contribution < -0.4 is 4.74 Å². The van der Waals surface area contributed by atoms with Gasteiger partial charge in [-0.15, -0.1) is 10.2 Å². The van der Waals surface area contributed by atoms with Crippen molar-refractivity contribution in [1.82, 2.24) is 19.7 Å². The van der Waals surface area contributed by atoms with Gasteiger partial charge in [0.2, 0.25) is 0 Å². The number of benzene rings is 2. The van der Waals surface area contributed by atoms with Crippen LogP contribution in [0, 0.1) is 6.92 Å². The molecule has 2 heterocycles. The summed E-state index contributed by atoms with van der Waals surface area (Å²) in [6, 6.07) is 24.0. The third-order valence-electron chi connectivity index (χ3n) is 4.24. The van der Waals surface area contributed by atoms with E-state index in [1.807, 2.05) is 84.3 Å². The second kappa shape index (κ2) is 8.71. The van der Waals surface area contributed by atoms with Gasteiger partial charge in [0.1, 0.15) is 12.4 Å². The van der Waals surface area contributed by atoms with Crippen LogP contribution in [0.1, 0.15) is 17.1 Å². The Bertz CT molecular complexity index is 1030. The first kappa shape index (κ1) is 18.3. The van der Waals surface area contributed by atoms with Gasteiger partial charge in [0.05, 0.1) is 5.69 Å². The zero-order valence-corrected chi connectivity index (χ0v) is 16.3. The first-order valence-electron chi connectivity index (χ1n) is 9.02. The molecule has 5 nitrogen and oxygen atoms in total. The zero-order valence-electron chi connectivity index (χ0n) is 15.5. The van der Waals surface area contributed by atoms with Gasteiger partial charge >= 0.3 is 0 Å². The molecule has 0 aliphatic carbocycles. The van der Waals surface area contributed by atoms with Crippen LogP contribution >= 0.6 is 11.8 Å². The van der Waals surface area contributed by atoms with E-state index in [1.54, 1.807) is 18.0 Å². The van der Waals surface area contributed by atoms with E-state index in [9.17, 15) is 0 Å². The fourth-order valence-corrected chi connectivity index (χ4v) is 3.69. The van der Waals surface area contributed by atoms with E-state index in [1.165, 1.54) is 0 Å². The van der Waals surface area contributed by atoms with Gasteiger partial charge in [-0.25, -0.2) is 0 Å². The van der Waals surface area contributed by atoms with Gasteiger partial charge < -0.3 is 4.74 Å². The monoisotopic (exact) mass is 388 g/mol. The summed E-state index contributed by atoms with van der Waals surface area (Å²) in [5, 5.41) is 9.63. The highest BCUT2D eigenvalue weighted by molar-refractivity contribution is 7.98. The smallest absolute Gasteiger partial charge is 0.196 e. The maximum Gasteiger partial charge on any atom is 0.196 e. The van der Waals surface area contributed by atoms with Crippen molar-refractivity contribution < 1.29 is 4.74 Å². The predicted octanol–water partition coefficient (Wildman–Crippen LogP) is 4.84. The molecule has 6 heteroatoms. The zero-order chi connectivity index (χ0) is 19.2. The molecule has 2 aromatic heterocycles. The van der Waals surface area contributed by atoms with Crippen LogP contribution in [0.25, 0.3) is 5.69 Å². The van der Waals surface area contributed by atoms with E-state index in [2.05, 4.69) is 15.2 Å². The van der Waals surface area contributed by atoms with Crippen molar-refractivity contribution in [2.75, 3.05) is 0 Å². The number of rotatable bonds is 7. The first-order valence-corrected chi connectivity index (χ1v) is 10.0. The summed E-state index contributed by atoms with van der Waals surface area (Å²) in [6.45, 7) is 2.38. The van der Waals surface area contributed by atoms with Crippen LogP contribution in [0.4, 0.5) is 0 Å². The van der Waals surface area contributed by atoms with Crippen molar-refractivity contribution in [3.8, 4) is 11.4 Å². The quantitative estimate of drug-likeness (QED) is 0.424. The fourth-order valence-electron chi connectivity index (χ4n) is 2.81. The molecule has 0 radical (unpaired) electrons. The van der Waals surface area contributed by atoms with Crippen LogP contribution in [0.2, 0.25) is 0 Å². The van der Waals surface area contributed by atoms with Crippen LogP contribution in [0.3, 0.4) is 0 Å². The Hall–Kier alpha value is -3.12. The van der Waals surface area contributed by atoms with E-state index < -0.39 is 0 Å². The topological polar surface area (TPSA) is 52.8 Å². The van der Waals surface area contributed by atoms with Gasteiger partial charge in [-0.05, 0) is 42.8 Å². The summed E-state index contributed by atoms with van der Waals surface area (Å²) in [5.41, 5.74) is 3.12. The van der Waals surface area contributed by atoms with E-state index in [4.69, 9.17) is 4.74 Å². The van der Waals surface area contributed by atoms with Crippen molar-refractivity contribution in [2.45, 2.75) is 24.4 Å². The Kier molecular flexibility index (Phi) is 5.68. The minimum absolute atomic E-state index is 0.344. The Morgan fingerprint density at radius 3 is 2.46 bits per heavy atom. The van der Waals surface area contributed by atoms with Crippen LogP contribution in [-0.4, -0.2) is 19.7 Å². The average Bonchev–Trinajstić information content (AvgIpc) is 3.16.